The van der Waals surface area contributed by atoms with Gasteiger partial charge in [0.15, 0.2) is 0 Å². The van der Waals surface area contributed by atoms with Gasteiger partial charge in [-0.1, -0.05) is 6.92 Å². The number of amides is 1. The minimum Gasteiger partial charge on any atom is -0.350 e. The van der Waals surface area contributed by atoms with Crippen LogP contribution >= 0.6 is 0 Å². The van der Waals surface area contributed by atoms with Crippen LogP contribution in [-0.2, 0) is 18.4 Å². The van der Waals surface area contributed by atoms with Crippen LogP contribution in [0.25, 0.3) is 0 Å². The van der Waals surface area contributed by atoms with Crippen LogP contribution < -0.4 is 10.6 Å². The van der Waals surface area contributed by atoms with Crippen LogP contribution in [0.15, 0.2) is 12.1 Å². The summed E-state index contributed by atoms with van der Waals surface area (Å²) in [5.74, 6) is 0.0968. The molecule has 16 heavy (non-hydrogen) atoms. The lowest BCUT2D eigenvalue weighted by Crippen LogP contribution is -2.34. The second kappa shape index (κ2) is 5.70. The molecule has 0 spiro atoms. The molecule has 1 aromatic heterocycles. The van der Waals surface area contributed by atoms with Crippen molar-refractivity contribution in [3.05, 3.63) is 23.5 Å². The van der Waals surface area contributed by atoms with Gasteiger partial charge in [0.25, 0.3) is 0 Å². The lowest BCUT2D eigenvalue weighted by atomic mass is 10.1. The molecule has 2 N–H and O–H groups in total. The Labute approximate surface area is 97.0 Å². The van der Waals surface area contributed by atoms with E-state index in [4.69, 9.17) is 0 Å². The van der Waals surface area contributed by atoms with E-state index in [0.717, 1.165) is 5.69 Å². The molecule has 4 nitrogen and oxygen atoms in total. The Morgan fingerprint density at radius 2 is 2.19 bits per heavy atom. The van der Waals surface area contributed by atoms with Gasteiger partial charge >= 0.3 is 0 Å². The van der Waals surface area contributed by atoms with Crippen LogP contribution in [0.3, 0.4) is 0 Å². The second-order valence-electron chi connectivity index (χ2n) is 4.20. The van der Waals surface area contributed by atoms with Gasteiger partial charge in [0.2, 0.25) is 5.91 Å². The molecule has 0 fully saturated rings. The average molecular weight is 223 g/mol. The number of aryl methyl sites for hydroxylation is 1. The first kappa shape index (κ1) is 12.8. The number of nitrogens with one attached hydrogen (secondary N) is 2. The van der Waals surface area contributed by atoms with E-state index in [2.05, 4.69) is 28.2 Å². The van der Waals surface area contributed by atoms with Crippen LogP contribution in [0.1, 0.15) is 18.3 Å². The van der Waals surface area contributed by atoms with E-state index < -0.39 is 0 Å². The molecule has 1 amide bonds. The number of carbonyl (C=O) groups excluding carboxylic acids is 1. The van der Waals surface area contributed by atoms with E-state index in [1.165, 1.54) is 5.69 Å². The number of hydrogen-bond acceptors (Lipinski definition) is 2. The third-order valence-electron chi connectivity index (χ3n) is 2.88. The zero-order valence-electron chi connectivity index (χ0n) is 10.5. The topological polar surface area (TPSA) is 46.1 Å². The third kappa shape index (κ3) is 3.10. The number of hydrogen-bond donors (Lipinski definition) is 2. The molecule has 0 aromatic carbocycles. The van der Waals surface area contributed by atoms with Gasteiger partial charge in [-0.15, -0.1) is 0 Å². The maximum atomic E-state index is 11.7. The van der Waals surface area contributed by atoms with E-state index in [-0.39, 0.29) is 11.8 Å². The molecule has 1 atom stereocenters. The first-order chi connectivity index (χ1) is 7.56. The Hall–Kier alpha value is -1.29. The summed E-state index contributed by atoms with van der Waals surface area (Å²) in [6.07, 6.45) is 0. The fraction of sp³-hybridized carbons (Fsp3) is 0.583. The van der Waals surface area contributed by atoms with Crippen molar-refractivity contribution in [1.29, 1.82) is 0 Å². The molecule has 0 aliphatic heterocycles. The van der Waals surface area contributed by atoms with E-state index in [1.807, 2.05) is 27.1 Å². The van der Waals surface area contributed by atoms with Crippen molar-refractivity contribution in [3.63, 3.8) is 0 Å². The summed E-state index contributed by atoms with van der Waals surface area (Å²) < 4.78 is 2.09. The standard InChI is InChI=1S/C12H21N3O/c1-9(7-13-3)12(16)14-8-11-6-5-10(2)15(11)4/h5-6,9,13H,7-8H2,1-4H3,(H,14,16). The fourth-order valence-corrected chi connectivity index (χ4v) is 1.60. The molecule has 0 aliphatic carbocycles. The molecule has 1 rings (SSSR count). The van der Waals surface area contributed by atoms with Crippen molar-refractivity contribution >= 4 is 5.91 Å². The molecule has 1 heterocycles. The summed E-state index contributed by atoms with van der Waals surface area (Å²) in [5, 5.41) is 5.93. The van der Waals surface area contributed by atoms with E-state index in [9.17, 15) is 4.79 Å². The van der Waals surface area contributed by atoms with Crippen molar-refractivity contribution in [3.8, 4) is 0 Å². The van der Waals surface area contributed by atoms with Gasteiger partial charge in [0, 0.05) is 30.9 Å². The lowest BCUT2D eigenvalue weighted by Gasteiger charge is -2.12. The Kier molecular flexibility index (Phi) is 4.55. The largest absolute Gasteiger partial charge is 0.350 e. The minimum absolute atomic E-state index is 0.00589. The lowest BCUT2D eigenvalue weighted by molar-refractivity contribution is -0.124. The molecule has 0 saturated heterocycles. The maximum absolute atomic E-state index is 11.7. The van der Waals surface area contributed by atoms with Crippen molar-refractivity contribution < 1.29 is 4.79 Å². The second-order valence-corrected chi connectivity index (χ2v) is 4.20. The molecule has 0 radical (unpaired) electrons. The zero-order chi connectivity index (χ0) is 12.1. The predicted molar refractivity (Wildman–Crippen MR) is 65.1 cm³/mol. The summed E-state index contributed by atoms with van der Waals surface area (Å²) in [4.78, 5) is 11.7. The number of carbonyl (C=O) groups is 1. The monoisotopic (exact) mass is 223 g/mol. The normalized spacial score (nSPS) is 12.5. The van der Waals surface area contributed by atoms with Gasteiger partial charge in [-0.2, -0.15) is 0 Å². The SMILES string of the molecule is CNCC(C)C(=O)NCc1ccc(C)n1C. The molecule has 1 aromatic rings. The van der Waals surface area contributed by atoms with Gasteiger partial charge in [-0.05, 0) is 26.1 Å². The van der Waals surface area contributed by atoms with Crippen LogP contribution in [0.5, 0.6) is 0 Å². The van der Waals surface area contributed by atoms with Gasteiger partial charge in [0.1, 0.15) is 0 Å². The maximum Gasteiger partial charge on any atom is 0.224 e. The predicted octanol–water partition coefficient (Wildman–Crippen LogP) is 0.805. The summed E-state index contributed by atoms with van der Waals surface area (Å²) >= 11 is 0. The van der Waals surface area contributed by atoms with Crippen LogP contribution in [-0.4, -0.2) is 24.1 Å². The summed E-state index contributed by atoms with van der Waals surface area (Å²) in [6, 6.07) is 4.09. The third-order valence-corrected chi connectivity index (χ3v) is 2.88. The Balaban J connectivity index is 2.46. The number of aromatic nitrogens is 1. The molecule has 0 aliphatic rings. The van der Waals surface area contributed by atoms with Crippen molar-refractivity contribution in [2.75, 3.05) is 13.6 Å². The first-order valence-corrected chi connectivity index (χ1v) is 5.59. The van der Waals surface area contributed by atoms with Crippen LogP contribution in [0.2, 0.25) is 0 Å². The van der Waals surface area contributed by atoms with Gasteiger partial charge in [-0.3, -0.25) is 4.79 Å². The highest BCUT2D eigenvalue weighted by Gasteiger charge is 2.11. The van der Waals surface area contributed by atoms with E-state index in [1.54, 1.807) is 0 Å². The van der Waals surface area contributed by atoms with Gasteiger partial charge in [0.05, 0.1) is 6.54 Å². The van der Waals surface area contributed by atoms with E-state index in [0.29, 0.717) is 13.1 Å². The van der Waals surface area contributed by atoms with Gasteiger partial charge in [-0.25, -0.2) is 0 Å². The highest BCUT2D eigenvalue weighted by molar-refractivity contribution is 5.78. The van der Waals surface area contributed by atoms with Crippen LogP contribution in [0.4, 0.5) is 0 Å². The minimum atomic E-state index is 0.00589. The Morgan fingerprint density at radius 1 is 1.50 bits per heavy atom. The van der Waals surface area contributed by atoms with E-state index >= 15 is 0 Å². The Morgan fingerprint density at radius 3 is 2.69 bits per heavy atom. The van der Waals surface area contributed by atoms with Crippen LogP contribution in [0, 0.1) is 12.8 Å². The molecule has 90 valence electrons. The van der Waals surface area contributed by atoms with Crippen molar-refractivity contribution in [2.45, 2.75) is 20.4 Å². The molecule has 1 unspecified atom stereocenters. The van der Waals surface area contributed by atoms with Crippen molar-refractivity contribution in [1.82, 2.24) is 15.2 Å². The summed E-state index contributed by atoms with van der Waals surface area (Å²) in [7, 11) is 3.86. The number of rotatable bonds is 5. The summed E-state index contributed by atoms with van der Waals surface area (Å²) in [6.45, 7) is 5.27. The number of nitrogens with zero attached hydrogens (tertiary/aromatic N) is 1. The molecular formula is C12H21N3O. The van der Waals surface area contributed by atoms with Crippen molar-refractivity contribution in [2.24, 2.45) is 13.0 Å². The first-order valence-electron chi connectivity index (χ1n) is 5.59. The molecule has 0 bridgehead atoms. The smallest absolute Gasteiger partial charge is 0.224 e. The van der Waals surface area contributed by atoms with Gasteiger partial charge < -0.3 is 15.2 Å². The quantitative estimate of drug-likeness (QED) is 0.776. The molecule has 0 saturated carbocycles. The highest BCUT2D eigenvalue weighted by atomic mass is 16.1. The average Bonchev–Trinajstić information content (AvgIpc) is 2.57. The zero-order valence-corrected chi connectivity index (χ0v) is 10.5. The summed E-state index contributed by atoms with van der Waals surface area (Å²) in [5.41, 5.74) is 2.33. The molecular weight excluding hydrogens is 202 g/mol. The fourth-order valence-electron chi connectivity index (χ4n) is 1.60. The molecule has 4 heteroatoms. The Bertz CT molecular complexity index is 357. The highest BCUT2D eigenvalue weighted by Crippen LogP contribution is 2.05.